The Hall–Kier alpha value is -3.38. The van der Waals surface area contributed by atoms with Gasteiger partial charge in [-0.1, -0.05) is 32.0 Å². The van der Waals surface area contributed by atoms with E-state index in [1.165, 1.54) is 16.1 Å². The lowest BCUT2D eigenvalue weighted by molar-refractivity contribution is 0.589. The van der Waals surface area contributed by atoms with Crippen molar-refractivity contribution < 1.29 is 12.8 Å². The number of hydrogen-bond acceptors (Lipinski definition) is 2. The second-order valence-electron chi connectivity index (χ2n) is 7.94. The number of halogens is 1. The molecule has 0 aliphatic rings. The zero-order valence-electron chi connectivity index (χ0n) is 17.2. The SMILES string of the molecule is CC(C)c1cc2cc3c(ccn3S(=O)(=O)c3ccccc3)cc2n1-c1ccc(F)cc1. The summed E-state index contributed by atoms with van der Waals surface area (Å²) in [6, 6.07) is 22.6. The van der Waals surface area contributed by atoms with Crippen LogP contribution in [0.1, 0.15) is 25.5 Å². The van der Waals surface area contributed by atoms with Gasteiger partial charge in [-0.15, -0.1) is 0 Å². The van der Waals surface area contributed by atoms with Gasteiger partial charge in [0.2, 0.25) is 0 Å². The third-order valence-corrected chi connectivity index (χ3v) is 7.29. The summed E-state index contributed by atoms with van der Waals surface area (Å²) in [6.07, 6.45) is 1.59. The number of nitrogens with zero attached hydrogens (tertiary/aromatic N) is 2. The first-order valence-corrected chi connectivity index (χ1v) is 11.5. The predicted octanol–water partition coefficient (Wildman–Crippen LogP) is 6.08. The molecule has 0 N–H and O–H groups in total. The normalized spacial score (nSPS) is 12.3. The molecule has 5 rings (SSSR count). The van der Waals surface area contributed by atoms with E-state index in [-0.39, 0.29) is 16.6 Å². The molecule has 2 aromatic heterocycles. The Morgan fingerprint density at radius 1 is 0.806 bits per heavy atom. The third kappa shape index (κ3) is 3.15. The zero-order valence-corrected chi connectivity index (χ0v) is 18.0. The number of fused-ring (bicyclic) bond motifs is 2. The Balaban J connectivity index is 1.77. The molecule has 0 saturated heterocycles. The maximum Gasteiger partial charge on any atom is 0.268 e. The van der Waals surface area contributed by atoms with E-state index in [0.717, 1.165) is 27.7 Å². The second-order valence-corrected chi connectivity index (χ2v) is 9.75. The van der Waals surface area contributed by atoms with Crippen LogP contribution in [0.4, 0.5) is 4.39 Å². The van der Waals surface area contributed by atoms with E-state index in [1.54, 1.807) is 48.7 Å². The highest BCUT2D eigenvalue weighted by atomic mass is 32.2. The molecule has 0 unspecified atom stereocenters. The quantitative estimate of drug-likeness (QED) is 0.345. The molecule has 31 heavy (non-hydrogen) atoms. The van der Waals surface area contributed by atoms with Crippen LogP contribution in [0.2, 0.25) is 0 Å². The second kappa shape index (κ2) is 7.10. The van der Waals surface area contributed by atoms with Crippen LogP contribution in [-0.2, 0) is 10.0 Å². The summed E-state index contributed by atoms with van der Waals surface area (Å²) in [6.45, 7) is 4.21. The summed E-state index contributed by atoms with van der Waals surface area (Å²) in [5.41, 5.74) is 3.53. The summed E-state index contributed by atoms with van der Waals surface area (Å²) in [7, 11) is -3.70. The van der Waals surface area contributed by atoms with E-state index in [4.69, 9.17) is 0 Å². The van der Waals surface area contributed by atoms with Gasteiger partial charge in [-0.3, -0.25) is 0 Å². The molecule has 0 fully saturated rings. The maximum atomic E-state index is 13.5. The Labute approximate surface area is 180 Å². The van der Waals surface area contributed by atoms with Gasteiger partial charge in [0.05, 0.1) is 15.9 Å². The minimum absolute atomic E-state index is 0.229. The summed E-state index contributed by atoms with van der Waals surface area (Å²) in [4.78, 5) is 0.249. The van der Waals surface area contributed by atoms with Gasteiger partial charge >= 0.3 is 0 Å². The van der Waals surface area contributed by atoms with Crippen LogP contribution in [-0.4, -0.2) is 17.0 Å². The lowest BCUT2D eigenvalue weighted by atomic mass is 10.1. The van der Waals surface area contributed by atoms with Crippen molar-refractivity contribution in [3.8, 4) is 5.69 Å². The Kier molecular flexibility index (Phi) is 4.48. The van der Waals surface area contributed by atoms with Crippen LogP contribution in [0.15, 0.2) is 90.0 Å². The van der Waals surface area contributed by atoms with Crippen molar-refractivity contribution in [1.82, 2.24) is 8.54 Å². The van der Waals surface area contributed by atoms with Crippen LogP contribution in [0.25, 0.3) is 27.5 Å². The highest BCUT2D eigenvalue weighted by molar-refractivity contribution is 7.90. The summed E-state index contributed by atoms with van der Waals surface area (Å²) in [5, 5.41) is 1.76. The first-order valence-electron chi connectivity index (χ1n) is 10.1. The first kappa shape index (κ1) is 19.6. The van der Waals surface area contributed by atoms with E-state index in [9.17, 15) is 12.8 Å². The molecule has 0 aliphatic carbocycles. The van der Waals surface area contributed by atoms with Crippen molar-refractivity contribution >= 4 is 31.8 Å². The highest BCUT2D eigenvalue weighted by Gasteiger charge is 2.20. The molecule has 0 saturated carbocycles. The molecule has 156 valence electrons. The van der Waals surface area contributed by atoms with E-state index in [1.807, 2.05) is 18.2 Å². The zero-order chi connectivity index (χ0) is 21.8. The third-order valence-electron chi connectivity index (χ3n) is 5.58. The molecule has 5 aromatic rings. The van der Waals surface area contributed by atoms with Crippen LogP contribution >= 0.6 is 0 Å². The van der Waals surface area contributed by atoms with Gasteiger partial charge in [0, 0.05) is 28.4 Å². The standard InChI is InChI=1S/C25H21FN2O2S/c1-17(2)23-15-19-16-24-18(14-25(19)28(23)21-10-8-20(26)9-11-21)12-13-27(24)31(29,30)22-6-4-3-5-7-22/h3-17H,1-2H3. The molecule has 3 aromatic carbocycles. The molecule has 0 spiro atoms. The molecule has 2 heterocycles. The van der Waals surface area contributed by atoms with Crippen LogP contribution in [0, 0.1) is 5.82 Å². The van der Waals surface area contributed by atoms with Crippen LogP contribution < -0.4 is 0 Å². The molecule has 0 amide bonds. The van der Waals surface area contributed by atoms with Crippen molar-refractivity contribution in [1.29, 1.82) is 0 Å². The molecule has 0 aliphatic heterocycles. The molecule has 0 radical (unpaired) electrons. The Morgan fingerprint density at radius 3 is 2.16 bits per heavy atom. The Morgan fingerprint density at radius 2 is 1.48 bits per heavy atom. The topological polar surface area (TPSA) is 44.0 Å². The van der Waals surface area contributed by atoms with E-state index in [2.05, 4.69) is 24.5 Å². The van der Waals surface area contributed by atoms with Crippen LogP contribution in [0.5, 0.6) is 0 Å². The minimum Gasteiger partial charge on any atom is -0.313 e. The number of benzene rings is 3. The minimum atomic E-state index is -3.70. The molecular weight excluding hydrogens is 411 g/mol. The van der Waals surface area contributed by atoms with Gasteiger partial charge in [-0.2, -0.15) is 0 Å². The van der Waals surface area contributed by atoms with Gasteiger partial charge < -0.3 is 4.57 Å². The van der Waals surface area contributed by atoms with Crippen LogP contribution in [0.3, 0.4) is 0 Å². The molecule has 0 bridgehead atoms. The number of hydrogen-bond donors (Lipinski definition) is 0. The fraction of sp³-hybridized carbons (Fsp3) is 0.120. The fourth-order valence-electron chi connectivity index (χ4n) is 4.05. The largest absolute Gasteiger partial charge is 0.313 e. The highest BCUT2D eigenvalue weighted by Crippen LogP contribution is 2.33. The van der Waals surface area contributed by atoms with E-state index in [0.29, 0.717) is 5.52 Å². The van der Waals surface area contributed by atoms with E-state index < -0.39 is 10.0 Å². The average molecular weight is 433 g/mol. The van der Waals surface area contributed by atoms with Gasteiger partial charge in [0.25, 0.3) is 10.0 Å². The average Bonchev–Trinajstić information content (AvgIpc) is 3.35. The van der Waals surface area contributed by atoms with Gasteiger partial charge in [0.15, 0.2) is 0 Å². The van der Waals surface area contributed by atoms with Gasteiger partial charge in [-0.05, 0) is 66.6 Å². The molecule has 0 atom stereocenters. The van der Waals surface area contributed by atoms with Crippen molar-refractivity contribution in [3.05, 3.63) is 96.6 Å². The lowest BCUT2D eigenvalue weighted by Crippen LogP contribution is -2.11. The van der Waals surface area contributed by atoms with Crippen molar-refractivity contribution in [2.24, 2.45) is 0 Å². The van der Waals surface area contributed by atoms with E-state index >= 15 is 0 Å². The molecular formula is C25H21FN2O2S. The first-order chi connectivity index (χ1) is 14.9. The maximum absolute atomic E-state index is 13.5. The van der Waals surface area contributed by atoms with Crippen molar-refractivity contribution in [3.63, 3.8) is 0 Å². The summed E-state index contributed by atoms with van der Waals surface area (Å²) in [5.74, 6) is -0.0520. The fourth-order valence-corrected chi connectivity index (χ4v) is 5.42. The monoisotopic (exact) mass is 432 g/mol. The number of aromatic nitrogens is 2. The molecule has 6 heteroatoms. The predicted molar refractivity (Wildman–Crippen MR) is 122 cm³/mol. The lowest BCUT2D eigenvalue weighted by Gasteiger charge is -2.13. The summed E-state index contributed by atoms with van der Waals surface area (Å²) < 4.78 is 43.3. The Bertz CT molecular complexity index is 1510. The molecule has 4 nitrogen and oxygen atoms in total. The van der Waals surface area contributed by atoms with Gasteiger partial charge in [0.1, 0.15) is 5.82 Å². The van der Waals surface area contributed by atoms with Crippen molar-refractivity contribution in [2.75, 3.05) is 0 Å². The smallest absolute Gasteiger partial charge is 0.268 e. The summed E-state index contributed by atoms with van der Waals surface area (Å²) >= 11 is 0. The number of rotatable bonds is 4. The van der Waals surface area contributed by atoms with Gasteiger partial charge in [-0.25, -0.2) is 16.8 Å². The van der Waals surface area contributed by atoms with Crippen molar-refractivity contribution in [2.45, 2.75) is 24.7 Å².